The number of aromatic hydroxyl groups is 1. The smallest absolute Gasteiger partial charge is 0.257 e. The van der Waals surface area contributed by atoms with E-state index < -0.39 is 10.0 Å². The highest BCUT2D eigenvalue weighted by molar-refractivity contribution is 9.10. The number of hydrogen-bond acceptors (Lipinski definition) is 4. The van der Waals surface area contributed by atoms with Crippen molar-refractivity contribution in [2.75, 3.05) is 26.2 Å². The van der Waals surface area contributed by atoms with Crippen LogP contribution in [-0.2, 0) is 10.0 Å². The highest BCUT2D eigenvalue weighted by Gasteiger charge is 2.32. The van der Waals surface area contributed by atoms with Crippen molar-refractivity contribution in [3.63, 3.8) is 0 Å². The van der Waals surface area contributed by atoms with Crippen molar-refractivity contribution in [3.8, 4) is 5.75 Å². The lowest BCUT2D eigenvalue weighted by Gasteiger charge is -2.34. The van der Waals surface area contributed by atoms with Gasteiger partial charge in [0, 0.05) is 30.7 Å². The van der Waals surface area contributed by atoms with Crippen LogP contribution < -0.4 is 0 Å². The molecular weight excluding hydrogens is 432 g/mol. The molecule has 1 N–H and O–H groups in total. The second-order valence-electron chi connectivity index (χ2n) is 6.63. The number of amides is 1. The molecule has 0 aromatic heterocycles. The SMILES string of the molecule is Cc1ccc(C)c(S(=O)(=O)N2CCN(C(=O)c3cc(Br)ccc3O)CC2)c1. The Morgan fingerprint density at radius 2 is 1.70 bits per heavy atom. The van der Waals surface area contributed by atoms with Crippen LogP contribution in [0.15, 0.2) is 45.8 Å². The first-order valence-corrected chi connectivity index (χ1v) is 10.8. The number of rotatable bonds is 3. The van der Waals surface area contributed by atoms with E-state index in [1.54, 1.807) is 36.1 Å². The maximum absolute atomic E-state index is 13.0. The summed E-state index contributed by atoms with van der Waals surface area (Å²) in [5.74, 6) is -0.397. The zero-order valence-electron chi connectivity index (χ0n) is 15.1. The third-order valence-electron chi connectivity index (χ3n) is 4.68. The molecule has 6 nitrogen and oxygen atoms in total. The largest absolute Gasteiger partial charge is 0.507 e. The van der Waals surface area contributed by atoms with Gasteiger partial charge in [0.25, 0.3) is 5.91 Å². The van der Waals surface area contributed by atoms with Gasteiger partial charge in [-0.2, -0.15) is 4.31 Å². The number of halogens is 1. The van der Waals surface area contributed by atoms with E-state index in [9.17, 15) is 18.3 Å². The number of carbonyl (C=O) groups is 1. The predicted octanol–water partition coefficient (Wildman–Crippen LogP) is 2.92. The lowest BCUT2D eigenvalue weighted by molar-refractivity contribution is 0.0694. The van der Waals surface area contributed by atoms with Crippen LogP contribution in [0.3, 0.4) is 0 Å². The van der Waals surface area contributed by atoms with Crippen molar-refractivity contribution < 1.29 is 18.3 Å². The average Bonchev–Trinajstić information content (AvgIpc) is 2.65. The van der Waals surface area contributed by atoms with Crippen LogP contribution in [0, 0.1) is 13.8 Å². The van der Waals surface area contributed by atoms with Gasteiger partial charge in [-0.25, -0.2) is 8.42 Å². The Balaban J connectivity index is 1.76. The fraction of sp³-hybridized carbons (Fsp3) is 0.316. The summed E-state index contributed by atoms with van der Waals surface area (Å²) in [4.78, 5) is 14.6. The lowest BCUT2D eigenvalue weighted by atomic mass is 10.1. The molecule has 1 fully saturated rings. The molecule has 1 heterocycles. The van der Waals surface area contributed by atoms with Crippen molar-refractivity contribution in [1.82, 2.24) is 9.21 Å². The summed E-state index contributed by atoms with van der Waals surface area (Å²) >= 11 is 3.29. The van der Waals surface area contributed by atoms with Gasteiger partial charge in [0.1, 0.15) is 5.75 Å². The van der Waals surface area contributed by atoms with Crippen LogP contribution in [0.4, 0.5) is 0 Å². The average molecular weight is 453 g/mol. The maximum Gasteiger partial charge on any atom is 0.257 e. The molecule has 0 saturated carbocycles. The highest BCUT2D eigenvalue weighted by Crippen LogP contribution is 2.26. The van der Waals surface area contributed by atoms with Gasteiger partial charge in [-0.05, 0) is 49.2 Å². The first-order chi connectivity index (χ1) is 12.7. The Labute approximate surface area is 167 Å². The van der Waals surface area contributed by atoms with Crippen molar-refractivity contribution >= 4 is 31.9 Å². The summed E-state index contributed by atoms with van der Waals surface area (Å²) in [6.45, 7) is 4.62. The molecule has 0 unspecified atom stereocenters. The molecule has 0 aliphatic carbocycles. The molecule has 1 aliphatic heterocycles. The molecule has 0 bridgehead atoms. The summed E-state index contributed by atoms with van der Waals surface area (Å²) in [6.07, 6.45) is 0. The molecule has 0 atom stereocenters. The molecular formula is C19H21BrN2O4S. The summed E-state index contributed by atoms with van der Waals surface area (Å²) in [5, 5.41) is 9.95. The number of sulfonamides is 1. The van der Waals surface area contributed by atoms with Gasteiger partial charge >= 0.3 is 0 Å². The molecule has 27 heavy (non-hydrogen) atoms. The minimum atomic E-state index is -3.61. The van der Waals surface area contributed by atoms with Gasteiger partial charge < -0.3 is 10.0 Å². The standard InChI is InChI=1S/C19H21BrN2O4S/c1-13-3-4-14(2)18(11-13)27(25,26)22-9-7-21(8-10-22)19(24)16-12-15(20)5-6-17(16)23/h3-6,11-12,23H,7-10H2,1-2H3. The van der Waals surface area contributed by atoms with E-state index in [2.05, 4.69) is 15.9 Å². The molecule has 0 radical (unpaired) electrons. The number of benzene rings is 2. The Hall–Kier alpha value is -1.90. The third kappa shape index (κ3) is 4.02. The first kappa shape index (κ1) is 19.9. The fourth-order valence-electron chi connectivity index (χ4n) is 3.11. The van der Waals surface area contributed by atoms with Crippen LogP contribution in [0.1, 0.15) is 21.5 Å². The van der Waals surface area contributed by atoms with Crippen molar-refractivity contribution in [1.29, 1.82) is 0 Å². The minimum absolute atomic E-state index is 0.0892. The van der Waals surface area contributed by atoms with Crippen molar-refractivity contribution in [2.45, 2.75) is 18.7 Å². The monoisotopic (exact) mass is 452 g/mol. The Kier molecular flexibility index (Phi) is 5.60. The topological polar surface area (TPSA) is 77.9 Å². The molecule has 2 aromatic carbocycles. The van der Waals surface area contributed by atoms with E-state index in [0.717, 1.165) is 5.56 Å². The van der Waals surface area contributed by atoms with Gasteiger partial charge in [0.2, 0.25) is 10.0 Å². The number of phenols is 1. The summed E-state index contributed by atoms with van der Waals surface area (Å²) < 4.78 is 28.1. The van der Waals surface area contributed by atoms with E-state index in [0.29, 0.717) is 14.9 Å². The molecule has 2 aromatic rings. The summed E-state index contributed by atoms with van der Waals surface area (Å²) in [5.41, 5.74) is 1.80. The zero-order chi connectivity index (χ0) is 19.8. The van der Waals surface area contributed by atoms with Gasteiger partial charge in [-0.3, -0.25) is 4.79 Å². The lowest BCUT2D eigenvalue weighted by Crippen LogP contribution is -2.50. The zero-order valence-corrected chi connectivity index (χ0v) is 17.5. The summed E-state index contributed by atoms with van der Waals surface area (Å²) in [6, 6.07) is 10.0. The number of aryl methyl sites for hydroxylation is 2. The Bertz CT molecular complexity index is 983. The van der Waals surface area contributed by atoms with Gasteiger partial charge in [-0.15, -0.1) is 0 Å². The van der Waals surface area contributed by atoms with Crippen LogP contribution >= 0.6 is 15.9 Å². The van der Waals surface area contributed by atoms with E-state index in [4.69, 9.17) is 0 Å². The van der Waals surface area contributed by atoms with E-state index in [1.165, 1.54) is 10.4 Å². The van der Waals surface area contributed by atoms with E-state index >= 15 is 0 Å². The number of piperazine rings is 1. The second kappa shape index (κ2) is 7.61. The van der Waals surface area contributed by atoms with Gasteiger partial charge in [-0.1, -0.05) is 28.1 Å². The van der Waals surface area contributed by atoms with Crippen LogP contribution in [0.5, 0.6) is 5.75 Å². The van der Waals surface area contributed by atoms with Crippen LogP contribution in [-0.4, -0.2) is 54.8 Å². The molecule has 3 rings (SSSR count). The molecule has 144 valence electrons. The highest BCUT2D eigenvalue weighted by atomic mass is 79.9. The molecule has 0 spiro atoms. The van der Waals surface area contributed by atoms with Gasteiger partial charge in [0.05, 0.1) is 10.5 Å². The Morgan fingerprint density at radius 1 is 1.04 bits per heavy atom. The van der Waals surface area contributed by atoms with Crippen LogP contribution in [0.2, 0.25) is 0 Å². The molecule has 1 aliphatic rings. The quantitative estimate of drug-likeness (QED) is 0.776. The number of phenolic OH excluding ortho intramolecular Hbond substituents is 1. The van der Waals surface area contributed by atoms with Crippen LogP contribution in [0.25, 0.3) is 0 Å². The maximum atomic E-state index is 13.0. The van der Waals surface area contributed by atoms with E-state index in [-0.39, 0.29) is 43.4 Å². The normalized spacial score (nSPS) is 15.7. The predicted molar refractivity (Wildman–Crippen MR) is 106 cm³/mol. The fourth-order valence-corrected chi connectivity index (χ4v) is 5.20. The third-order valence-corrected chi connectivity index (χ3v) is 7.21. The number of carbonyl (C=O) groups excluding carboxylic acids is 1. The minimum Gasteiger partial charge on any atom is -0.507 e. The second-order valence-corrected chi connectivity index (χ2v) is 9.45. The summed E-state index contributed by atoms with van der Waals surface area (Å²) in [7, 11) is -3.61. The van der Waals surface area contributed by atoms with Crippen molar-refractivity contribution in [3.05, 3.63) is 57.6 Å². The molecule has 8 heteroatoms. The molecule has 1 amide bonds. The van der Waals surface area contributed by atoms with Gasteiger partial charge in [0.15, 0.2) is 0 Å². The number of hydrogen-bond donors (Lipinski definition) is 1. The Morgan fingerprint density at radius 3 is 2.37 bits per heavy atom. The van der Waals surface area contributed by atoms with E-state index in [1.807, 2.05) is 13.0 Å². The number of nitrogens with zero attached hydrogens (tertiary/aromatic N) is 2. The molecule has 1 saturated heterocycles. The first-order valence-electron chi connectivity index (χ1n) is 8.55. The van der Waals surface area contributed by atoms with Crippen molar-refractivity contribution in [2.24, 2.45) is 0 Å².